The Morgan fingerprint density at radius 2 is 1.70 bits per heavy atom. The lowest BCUT2D eigenvalue weighted by atomic mass is 10.1. The number of aryl methyl sites for hydroxylation is 1. The van der Waals surface area contributed by atoms with Crippen LogP contribution in [0.5, 0.6) is 0 Å². The van der Waals surface area contributed by atoms with Gasteiger partial charge in [0, 0.05) is 17.9 Å². The van der Waals surface area contributed by atoms with Gasteiger partial charge in [-0.3, -0.25) is 0 Å². The molecule has 0 aromatic heterocycles. The van der Waals surface area contributed by atoms with Crippen LogP contribution in [0.1, 0.15) is 16.7 Å². The van der Waals surface area contributed by atoms with Crippen molar-refractivity contribution in [1.82, 2.24) is 0 Å². The van der Waals surface area contributed by atoms with E-state index in [-0.39, 0.29) is 0 Å². The van der Waals surface area contributed by atoms with Crippen molar-refractivity contribution in [1.29, 1.82) is 0 Å². The van der Waals surface area contributed by atoms with E-state index in [1.807, 2.05) is 19.1 Å². The highest BCUT2D eigenvalue weighted by molar-refractivity contribution is 5.57. The standard InChI is InChI=1S/C15H15F3N2/c1-10-8-13(19)6-7-14(10)20-9-11-2-4-12(5-3-11)15(16,17)18/h2-8,20H,9,19H2,1H3. The minimum Gasteiger partial charge on any atom is -0.399 e. The predicted molar refractivity (Wildman–Crippen MR) is 74.4 cm³/mol. The lowest BCUT2D eigenvalue weighted by Gasteiger charge is -2.11. The summed E-state index contributed by atoms with van der Waals surface area (Å²) >= 11 is 0. The number of nitrogens with one attached hydrogen (secondary N) is 1. The van der Waals surface area contributed by atoms with Gasteiger partial charge in [0.2, 0.25) is 0 Å². The highest BCUT2D eigenvalue weighted by atomic mass is 19.4. The van der Waals surface area contributed by atoms with Crippen molar-refractivity contribution in [3.05, 3.63) is 59.2 Å². The third-order valence-electron chi connectivity index (χ3n) is 3.01. The molecule has 2 nitrogen and oxygen atoms in total. The SMILES string of the molecule is Cc1cc(N)ccc1NCc1ccc(C(F)(F)F)cc1. The zero-order chi connectivity index (χ0) is 14.8. The molecule has 0 amide bonds. The molecule has 0 spiro atoms. The van der Waals surface area contributed by atoms with E-state index in [1.165, 1.54) is 12.1 Å². The fraction of sp³-hybridized carbons (Fsp3) is 0.200. The number of nitrogen functional groups attached to an aromatic ring is 1. The Morgan fingerprint density at radius 1 is 1.05 bits per heavy atom. The molecule has 0 aliphatic carbocycles. The normalized spacial score (nSPS) is 11.4. The van der Waals surface area contributed by atoms with Crippen LogP contribution in [0.3, 0.4) is 0 Å². The van der Waals surface area contributed by atoms with Crippen LogP contribution < -0.4 is 11.1 Å². The summed E-state index contributed by atoms with van der Waals surface area (Å²) in [5, 5.41) is 3.18. The second-order valence-corrected chi connectivity index (χ2v) is 4.62. The molecule has 106 valence electrons. The van der Waals surface area contributed by atoms with Crippen LogP contribution in [0.2, 0.25) is 0 Å². The summed E-state index contributed by atoms with van der Waals surface area (Å²) in [4.78, 5) is 0. The minimum absolute atomic E-state index is 0.461. The van der Waals surface area contributed by atoms with Gasteiger partial charge < -0.3 is 11.1 Å². The first kappa shape index (κ1) is 14.2. The first-order chi connectivity index (χ1) is 9.36. The second kappa shape index (κ2) is 5.45. The average Bonchev–Trinajstić information content (AvgIpc) is 2.37. The van der Waals surface area contributed by atoms with Crippen molar-refractivity contribution in [2.75, 3.05) is 11.1 Å². The summed E-state index contributed by atoms with van der Waals surface area (Å²) < 4.78 is 37.3. The smallest absolute Gasteiger partial charge is 0.399 e. The Morgan fingerprint density at radius 3 is 2.25 bits per heavy atom. The lowest BCUT2D eigenvalue weighted by molar-refractivity contribution is -0.137. The highest BCUT2D eigenvalue weighted by Crippen LogP contribution is 2.29. The quantitative estimate of drug-likeness (QED) is 0.827. The van der Waals surface area contributed by atoms with Crippen LogP contribution in [0.15, 0.2) is 42.5 Å². The van der Waals surface area contributed by atoms with Crippen molar-refractivity contribution in [3.8, 4) is 0 Å². The topological polar surface area (TPSA) is 38.0 Å². The fourth-order valence-corrected chi connectivity index (χ4v) is 1.89. The van der Waals surface area contributed by atoms with Crippen LogP contribution in [-0.2, 0) is 12.7 Å². The zero-order valence-electron chi connectivity index (χ0n) is 11.0. The number of rotatable bonds is 3. The van der Waals surface area contributed by atoms with Gasteiger partial charge in [-0.05, 0) is 48.4 Å². The van der Waals surface area contributed by atoms with Gasteiger partial charge in [0.15, 0.2) is 0 Å². The van der Waals surface area contributed by atoms with Crippen molar-refractivity contribution in [3.63, 3.8) is 0 Å². The van der Waals surface area contributed by atoms with Crippen LogP contribution in [0.4, 0.5) is 24.5 Å². The van der Waals surface area contributed by atoms with E-state index in [0.717, 1.165) is 28.9 Å². The molecule has 0 unspecified atom stereocenters. The monoisotopic (exact) mass is 280 g/mol. The Bertz CT molecular complexity index is 589. The van der Waals surface area contributed by atoms with Gasteiger partial charge in [-0.25, -0.2) is 0 Å². The van der Waals surface area contributed by atoms with Gasteiger partial charge >= 0.3 is 6.18 Å². The summed E-state index contributed by atoms with van der Waals surface area (Å²) in [6, 6.07) is 10.6. The minimum atomic E-state index is -4.29. The number of nitrogens with two attached hydrogens (primary N) is 1. The number of alkyl halides is 3. The van der Waals surface area contributed by atoms with Crippen molar-refractivity contribution < 1.29 is 13.2 Å². The maximum absolute atomic E-state index is 12.4. The fourth-order valence-electron chi connectivity index (χ4n) is 1.89. The molecule has 0 aliphatic heterocycles. The molecular formula is C15H15F3N2. The van der Waals surface area contributed by atoms with Crippen LogP contribution in [0, 0.1) is 6.92 Å². The molecule has 0 radical (unpaired) electrons. The summed E-state index contributed by atoms with van der Waals surface area (Å²) in [6.07, 6.45) is -4.29. The van der Waals surface area contributed by atoms with E-state index < -0.39 is 11.7 Å². The second-order valence-electron chi connectivity index (χ2n) is 4.62. The Kier molecular flexibility index (Phi) is 3.88. The molecule has 0 bridgehead atoms. The molecule has 20 heavy (non-hydrogen) atoms. The third kappa shape index (κ3) is 3.44. The summed E-state index contributed by atoms with van der Waals surface area (Å²) in [6.45, 7) is 2.38. The first-order valence-electron chi connectivity index (χ1n) is 6.12. The van der Waals surface area contributed by atoms with Gasteiger partial charge in [-0.15, -0.1) is 0 Å². The Balaban J connectivity index is 2.04. The zero-order valence-corrected chi connectivity index (χ0v) is 11.0. The molecule has 2 aromatic carbocycles. The van der Waals surface area contributed by atoms with E-state index in [4.69, 9.17) is 5.73 Å². The van der Waals surface area contributed by atoms with E-state index in [0.29, 0.717) is 12.2 Å². The summed E-state index contributed by atoms with van der Waals surface area (Å²) in [7, 11) is 0. The van der Waals surface area contributed by atoms with Gasteiger partial charge in [0.05, 0.1) is 5.56 Å². The van der Waals surface area contributed by atoms with Crippen molar-refractivity contribution >= 4 is 11.4 Å². The Hall–Kier alpha value is -2.17. The van der Waals surface area contributed by atoms with E-state index >= 15 is 0 Å². The maximum Gasteiger partial charge on any atom is 0.416 e. The average molecular weight is 280 g/mol. The molecule has 3 N–H and O–H groups in total. The van der Waals surface area contributed by atoms with Gasteiger partial charge in [0.1, 0.15) is 0 Å². The molecule has 0 saturated heterocycles. The molecule has 0 fully saturated rings. The summed E-state index contributed by atoms with van der Waals surface area (Å²) in [5.74, 6) is 0. The molecule has 0 saturated carbocycles. The molecule has 5 heteroatoms. The van der Waals surface area contributed by atoms with Gasteiger partial charge in [0.25, 0.3) is 0 Å². The molecule has 0 heterocycles. The summed E-state index contributed by atoms with van der Waals surface area (Å²) in [5.41, 5.74) is 8.41. The maximum atomic E-state index is 12.4. The highest BCUT2D eigenvalue weighted by Gasteiger charge is 2.29. The first-order valence-corrected chi connectivity index (χ1v) is 6.12. The molecule has 2 aromatic rings. The van der Waals surface area contributed by atoms with Gasteiger partial charge in [-0.1, -0.05) is 12.1 Å². The van der Waals surface area contributed by atoms with Crippen molar-refractivity contribution in [2.24, 2.45) is 0 Å². The molecular weight excluding hydrogens is 265 g/mol. The van der Waals surface area contributed by atoms with Crippen LogP contribution >= 0.6 is 0 Å². The molecule has 0 aliphatic rings. The largest absolute Gasteiger partial charge is 0.416 e. The van der Waals surface area contributed by atoms with Crippen LogP contribution in [0.25, 0.3) is 0 Å². The number of hydrogen-bond donors (Lipinski definition) is 2. The molecule has 2 rings (SSSR count). The number of anilines is 2. The van der Waals surface area contributed by atoms with Crippen molar-refractivity contribution in [2.45, 2.75) is 19.6 Å². The van der Waals surface area contributed by atoms with Gasteiger partial charge in [-0.2, -0.15) is 13.2 Å². The Labute approximate surface area is 115 Å². The molecule has 0 atom stereocenters. The van der Waals surface area contributed by atoms with E-state index in [9.17, 15) is 13.2 Å². The predicted octanol–water partition coefficient (Wildman–Crippen LogP) is 4.21. The van der Waals surface area contributed by atoms with E-state index in [2.05, 4.69) is 5.32 Å². The number of halogens is 3. The third-order valence-corrected chi connectivity index (χ3v) is 3.01. The number of benzene rings is 2. The van der Waals surface area contributed by atoms with E-state index in [1.54, 1.807) is 6.07 Å². The lowest BCUT2D eigenvalue weighted by Crippen LogP contribution is -2.06. The number of hydrogen-bond acceptors (Lipinski definition) is 2. The van der Waals surface area contributed by atoms with Crippen LogP contribution in [-0.4, -0.2) is 0 Å².